The van der Waals surface area contributed by atoms with Crippen molar-refractivity contribution >= 4 is 11.7 Å². The lowest BCUT2D eigenvalue weighted by Gasteiger charge is -2.33. The van der Waals surface area contributed by atoms with Crippen molar-refractivity contribution in [2.45, 2.75) is 25.6 Å². The van der Waals surface area contributed by atoms with Gasteiger partial charge in [0.15, 0.2) is 0 Å². The highest BCUT2D eigenvalue weighted by Crippen LogP contribution is 2.28. The van der Waals surface area contributed by atoms with E-state index in [1.807, 2.05) is 54.6 Å². The molecule has 1 aliphatic rings. The maximum atomic E-state index is 13.2. The summed E-state index contributed by atoms with van der Waals surface area (Å²) in [6.07, 6.45) is -3.99. The number of carbonyl (C=O) groups is 1. The summed E-state index contributed by atoms with van der Waals surface area (Å²) in [5, 5.41) is 6.50. The highest BCUT2D eigenvalue weighted by Gasteiger charge is 2.38. The Balaban J connectivity index is 1.42. The maximum Gasteiger partial charge on any atom is 0.470 e. The van der Waals surface area contributed by atoms with E-state index in [1.165, 1.54) is 0 Å². The first-order valence-electron chi connectivity index (χ1n) is 10.6. The van der Waals surface area contributed by atoms with Crippen LogP contribution in [0.3, 0.4) is 0 Å². The SMILES string of the molecule is O=C(N1CCOCC1)N(Cc1ccc(CCc2nnc(C(F)(F)F)o2)cc1)c1ccccc1. The van der Waals surface area contributed by atoms with E-state index in [-0.39, 0.29) is 18.3 Å². The summed E-state index contributed by atoms with van der Waals surface area (Å²) in [6, 6.07) is 17.0. The average molecular weight is 460 g/mol. The summed E-state index contributed by atoms with van der Waals surface area (Å²) in [6.45, 7) is 2.53. The van der Waals surface area contributed by atoms with Gasteiger partial charge in [-0.2, -0.15) is 13.2 Å². The van der Waals surface area contributed by atoms with E-state index in [1.54, 1.807) is 9.80 Å². The number of ether oxygens (including phenoxy) is 1. The molecule has 1 aromatic heterocycles. The van der Waals surface area contributed by atoms with Crippen molar-refractivity contribution in [3.63, 3.8) is 0 Å². The van der Waals surface area contributed by atoms with Crippen LogP contribution in [0.4, 0.5) is 23.7 Å². The van der Waals surface area contributed by atoms with Gasteiger partial charge in [0.05, 0.1) is 19.8 Å². The zero-order valence-electron chi connectivity index (χ0n) is 17.8. The third kappa shape index (κ3) is 5.89. The fourth-order valence-electron chi connectivity index (χ4n) is 3.52. The first-order valence-corrected chi connectivity index (χ1v) is 10.6. The van der Waals surface area contributed by atoms with Crippen molar-refractivity contribution in [1.82, 2.24) is 15.1 Å². The first kappa shape index (κ1) is 22.8. The van der Waals surface area contributed by atoms with E-state index in [4.69, 9.17) is 4.74 Å². The molecule has 0 atom stereocenters. The fourth-order valence-corrected chi connectivity index (χ4v) is 3.52. The summed E-state index contributed by atoms with van der Waals surface area (Å²) in [7, 11) is 0. The smallest absolute Gasteiger partial charge is 0.417 e. The highest BCUT2D eigenvalue weighted by molar-refractivity contribution is 5.92. The quantitative estimate of drug-likeness (QED) is 0.548. The summed E-state index contributed by atoms with van der Waals surface area (Å²) in [5.74, 6) is -1.39. The molecule has 1 saturated heterocycles. The van der Waals surface area contributed by atoms with Crippen molar-refractivity contribution < 1.29 is 27.1 Å². The van der Waals surface area contributed by atoms with Crippen molar-refractivity contribution in [1.29, 1.82) is 0 Å². The molecule has 174 valence electrons. The molecule has 0 N–H and O–H groups in total. The minimum atomic E-state index is -4.64. The van der Waals surface area contributed by atoms with Crippen LogP contribution >= 0.6 is 0 Å². The van der Waals surface area contributed by atoms with Gasteiger partial charge in [-0.1, -0.05) is 42.5 Å². The number of amides is 2. The molecule has 1 aliphatic heterocycles. The number of hydrogen-bond donors (Lipinski definition) is 0. The predicted molar refractivity (Wildman–Crippen MR) is 114 cm³/mol. The largest absolute Gasteiger partial charge is 0.470 e. The van der Waals surface area contributed by atoms with Gasteiger partial charge in [0, 0.05) is 25.2 Å². The average Bonchev–Trinajstić information content (AvgIpc) is 3.33. The molecular weight excluding hydrogens is 437 g/mol. The van der Waals surface area contributed by atoms with Crippen LogP contribution in [0.15, 0.2) is 59.0 Å². The highest BCUT2D eigenvalue weighted by atomic mass is 19.4. The molecule has 7 nitrogen and oxygen atoms in total. The normalized spacial score (nSPS) is 14.3. The zero-order chi connectivity index (χ0) is 23.3. The van der Waals surface area contributed by atoms with Gasteiger partial charge < -0.3 is 14.1 Å². The molecule has 0 aliphatic carbocycles. The van der Waals surface area contributed by atoms with Crippen LogP contribution in [-0.4, -0.2) is 47.4 Å². The number of alkyl halides is 3. The second-order valence-electron chi connectivity index (χ2n) is 7.62. The number of rotatable bonds is 6. The number of morpholine rings is 1. The number of halogens is 3. The number of para-hydroxylation sites is 1. The number of carbonyl (C=O) groups excluding carboxylic acids is 1. The lowest BCUT2D eigenvalue weighted by atomic mass is 10.1. The Morgan fingerprint density at radius 2 is 1.61 bits per heavy atom. The number of nitrogens with zero attached hydrogens (tertiary/aromatic N) is 4. The zero-order valence-corrected chi connectivity index (χ0v) is 17.8. The number of hydrogen-bond acceptors (Lipinski definition) is 5. The molecule has 2 aromatic carbocycles. The second kappa shape index (κ2) is 10.0. The van der Waals surface area contributed by atoms with Gasteiger partial charge in [0.1, 0.15) is 0 Å². The molecule has 0 bridgehead atoms. The van der Waals surface area contributed by atoms with E-state index in [9.17, 15) is 18.0 Å². The Bertz CT molecular complexity index is 1050. The number of aryl methyl sites for hydroxylation is 2. The van der Waals surface area contributed by atoms with E-state index in [2.05, 4.69) is 14.6 Å². The van der Waals surface area contributed by atoms with Crippen LogP contribution < -0.4 is 4.90 Å². The molecule has 3 aromatic rings. The standard InChI is InChI=1S/C23H23F3N4O3/c24-23(25,26)21-28-27-20(33-21)11-10-17-6-8-18(9-7-17)16-30(19-4-2-1-3-5-19)22(31)29-12-14-32-15-13-29/h1-9H,10-16H2. The Labute approximate surface area is 188 Å². The monoisotopic (exact) mass is 460 g/mol. The van der Waals surface area contributed by atoms with Gasteiger partial charge in [-0.25, -0.2) is 4.79 Å². The minimum absolute atomic E-state index is 0.0576. The molecule has 33 heavy (non-hydrogen) atoms. The molecule has 10 heteroatoms. The van der Waals surface area contributed by atoms with Crippen LogP contribution in [-0.2, 0) is 30.3 Å². The molecule has 0 unspecified atom stereocenters. The molecule has 1 fully saturated rings. The van der Waals surface area contributed by atoms with Gasteiger partial charge in [-0.3, -0.25) is 4.90 Å². The second-order valence-corrected chi connectivity index (χ2v) is 7.62. The summed E-state index contributed by atoms with van der Waals surface area (Å²) < 4.78 is 47.8. The lowest BCUT2D eigenvalue weighted by Crippen LogP contribution is -2.48. The van der Waals surface area contributed by atoms with E-state index in [0.717, 1.165) is 16.8 Å². The number of anilines is 1. The van der Waals surface area contributed by atoms with Crippen LogP contribution in [0.1, 0.15) is 22.9 Å². The molecule has 0 saturated carbocycles. The molecule has 2 heterocycles. The molecule has 0 radical (unpaired) electrons. The Morgan fingerprint density at radius 1 is 0.939 bits per heavy atom. The van der Waals surface area contributed by atoms with E-state index < -0.39 is 12.1 Å². The summed E-state index contributed by atoms with van der Waals surface area (Å²) in [4.78, 5) is 16.7. The fraction of sp³-hybridized carbons (Fsp3) is 0.348. The van der Waals surface area contributed by atoms with Gasteiger partial charge in [0.25, 0.3) is 0 Å². The Kier molecular flexibility index (Phi) is 6.93. The molecule has 4 rings (SSSR count). The van der Waals surface area contributed by atoms with Crippen molar-refractivity contribution in [2.24, 2.45) is 0 Å². The lowest BCUT2D eigenvalue weighted by molar-refractivity contribution is -0.157. The van der Waals surface area contributed by atoms with E-state index in [0.29, 0.717) is 39.3 Å². The molecule has 2 amide bonds. The number of benzene rings is 2. The third-order valence-corrected chi connectivity index (χ3v) is 5.28. The summed E-state index contributed by atoms with van der Waals surface area (Å²) in [5.41, 5.74) is 2.65. The minimum Gasteiger partial charge on any atom is -0.417 e. The third-order valence-electron chi connectivity index (χ3n) is 5.28. The van der Waals surface area contributed by atoms with Crippen LogP contribution in [0.25, 0.3) is 0 Å². The molecule has 0 spiro atoms. The Hall–Kier alpha value is -3.40. The maximum absolute atomic E-state index is 13.2. The van der Waals surface area contributed by atoms with Crippen LogP contribution in [0.2, 0.25) is 0 Å². The van der Waals surface area contributed by atoms with Gasteiger partial charge >= 0.3 is 18.1 Å². The van der Waals surface area contributed by atoms with Gasteiger partial charge in [-0.15, -0.1) is 10.2 Å². The number of urea groups is 1. The molecular formula is C23H23F3N4O3. The summed E-state index contributed by atoms with van der Waals surface area (Å²) >= 11 is 0. The van der Waals surface area contributed by atoms with Crippen molar-refractivity contribution in [2.75, 3.05) is 31.2 Å². The predicted octanol–water partition coefficient (Wildman–Crippen LogP) is 4.33. The van der Waals surface area contributed by atoms with Gasteiger partial charge in [-0.05, 0) is 29.7 Å². The topological polar surface area (TPSA) is 71.7 Å². The Morgan fingerprint density at radius 3 is 2.24 bits per heavy atom. The van der Waals surface area contributed by atoms with Crippen molar-refractivity contribution in [3.05, 3.63) is 77.5 Å². The van der Waals surface area contributed by atoms with E-state index >= 15 is 0 Å². The van der Waals surface area contributed by atoms with Crippen molar-refractivity contribution in [3.8, 4) is 0 Å². The van der Waals surface area contributed by atoms with Gasteiger partial charge in [0.2, 0.25) is 5.89 Å². The number of aromatic nitrogens is 2. The van der Waals surface area contributed by atoms with Crippen LogP contribution in [0, 0.1) is 0 Å². The van der Waals surface area contributed by atoms with Crippen LogP contribution in [0.5, 0.6) is 0 Å². The first-order chi connectivity index (χ1) is 15.9.